The number of aryl methyl sites for hydroxylation is 3. The summed E-state index contributed by atoms with van der Waals surface area (Å²) < 4.78 is 3.71. The van der Waals surface area contributed by atoms with E-state index >= 15 is 0 Å². The van der Waals surface area contributed by atoms with Crippen LogP contribution in [0.5, 0.6) is 0 Å². The topological polar surface area (TPSA) is 80.0 Å². The normalized spacial score (nSPS) is 17.6. The molecule has 25 heavy (non-hydrogen) atoms. The first kappa shape index (κ1) is 17.3. The molecule has 1 saturated heterocycles. The molecule has 3 heterocycles. The second-order valence-electron chi connectivity index (χ2n) is 6.59. The summed E-state index contributed by atoms with van der Waals surface area (Å²) in [6, 6.07) is 3.85. The number of urea groups is 1. The van der Waals surface area contributed by atoms with Crippen LogP contribution < -0.4 is 15.5 Å². The molecule has 136 valence electrons. The van der Waals surface area contributed by atoms with Crippen molar-refractivity contribution in [2.24, 2.45) is 7.05 Å². The second-order valence-corrected chi connectivity index (χ2v) is 6.59. The van der Waals surface area contributed by atoms with Crippen LogP contribution in [0.4, 0.5) is 16.4 Å². The molecule has 3 rings (SSSR count). The van der Waals surface area contributed by atoms with Gasteiger partial charge in [-0.1, -0.05) is 6.92 Å². The maximum absolute atomic E-state index is 12.3. The number of carbonyl (C=O) groups excluding carboxylic acids is 1. The number of rotatable bonds is 5. The third-order valence-electron chi connectivity index (χ3n) is 4.45. The number of nitrogens with zero attached hydrogens (tertiary/aromatic N) is 5. The highest BCUT2D eigenvalue weighted by molar-refractivity contribution is 5.88. The molecular formula is C17H27N7O. The Kier molecular flexibility index (Phi) is 5.25. The van der Waals surface area contributed by atoms with Gasteiger partial charge in [-0.3, -0.25) is 10.00 Å². The van der Waals surface area contributed by atoms with Crippen LogP contribution in [0.2, 0.25) is 0 Å². The van der Waals surface area contributed by atoms with Crippen molar-refractivity contribution in [2.75, 3.05) is 23.3 Å². The molecule has 1 aliphatic rings. The van der Waals surface area contributed by atoms with Gasteiger partial charge >= 0.3 is 6.03 Å². The van der Waals surface area contributed by atoms with E-state index in [4.69, 9.17) is 0 Å². The summed E-state index contributed by atoms with van der Waals surface area (Å²) in [4.78, 5) is 14.6. The summed E-state index contributed by atoms with van der Waals surface area (Å²) in [6.45, 7) is 6.65. The standard InChI is InChI=1S/C17H27N7O/c1-4-9-24-15(7-8-18-24)20-17(25)19-14-6-5-10-23(12-14)16-11-13(2)21-22(16)3/h7-8,11,14H,4-6,9-10,12H2,1-3H3,(H2,19,20,25). The molecule has 2 aromatic heterocycles. The van der Waals surface area contributed by atoms with Gasteiger partial charge < -0.3 is 10.2 Å². The molecule has 0 aliphatic carbocycles. The van der Waals surface area contributed by atoms with Crippen molar-refractivity contribution in [3.63, 3.8) is 0 Å². The van der Waals surface area contributed by atoms with Gasteiger partial charge in [0, 0.05) is 44.9 Å². The lowest BCUT2D eigenvalue weighted by molar-refractivity contribution is 0.246. The van der Waals surface area contributed by atoms with Gasteiger partial charge in [-0.15, -0.1) is 0 Å². The lowest BCUT2D eigenvalue weighted by Gasteiger charge is -2.34. The number of hydrogen-bond acceptors (Lipinski definition) is 4. The fraction of sp³-hybridized carbons (Fsp3) is 0.588. The van der Waals surface area contributed by atoms with Crippen molar-refractivity contribution in [3.8, 4) is 0 Å². The van der Waals surface area contributed by atoms with E-state index in [2.05, 4.69) is 38.7 Å². The Morgan fingerprint density at radius 2 is 2.28 bits per heavy atom. The number of piperidine rings is 1. The molecule has 1 unspecified atom stereocenters. The van der Waals surface area contributed by atoms with Gasteiger partial charge in [0.25, 0.3) is 0 Å². The highest BCUT2D eigenvalue weighted by atomic mass is 16.2. The first-order valence-corrected chi connectivity index (χ1v) is 8.91. The van der Waals surface area contributed by atoms with Crippen LogP contribution in [0.3, 0.4) is 0 Å². The van der Waals surface area contributed by atoms with Crippen LogP contribution in [-0.2, 0) is 13.6 Å². The van der Waals surface area contributed by atoms with E-state index in [0.717, 1.165) is 56.2 Å². The third-order valence-corrected chi connectivity index (χ3v) is 4.45. The summed E-state index contributed by atoms with van der Waals surface area (Å²) >= 11 is 0. The molecule has 0 spiro atoms. The molecule has 0 radical (unpaired) electrons. The zero-order valence-electron chi connectivity index (χ0n) is 15.2. The smallest absolute Gasteiger partial charge is 0.320 e. The molecule has 8 heteroatoms. The van der Waals surface area contributed by atoms with E-state index in [9.17, 15) is 4.79 Å². The quantitative estimate of drug-likeness (QED) is 0.870. The minimum absolute atomic E-state index is 0.117. The molecule has 0 saturated carbocycles. The molecule has 1 fully saturated rings. The number of carbonyl (C=O) groups is 1. The predicted octanol–water partition coefficient (Wildman–Crippen LogP) is 2.13. The summed E-state index contributed by atoms with van der Waals surface area (Å²) in [7, 11) is 1.96. The van der Waals surface area contributed by atoms with E-state index in [0.29, 0.717) is 0 Å². The molecule has 1 atom stereocenters. The first-order chi connectivity index (χ1) is 12.1. The Morgan fingerprint density at radius 1 is 1.44 bits per heavy atom. The number of anilines is 2. The van der Waals surface area contributed by atoms with E-state index < -0.39 is 0 Å². The van der Waals surface area contributed by atoms with E-state index in [1.165, 1.54) is 0 Å². The van der Waals surface area contributed by atoms with Gasteiger partial charge in [0.05, 0.1) is 11.9 Å². The number of hydrogen-bond donors (Lipinski definition) is 2. The van der Waals surface area contributed by atoms with Gasteiger partial charge in [0.2, 0.25) is 0 Å². The Morgan fingerprint density at radius 3 is 3.00 bits per heavy atom. The maximum atomic E-state index is 12.3. The van der Waals surface area contributed by atoms with Crippen LogP contribution in [-0.4, -0.2) is 44.7 Å². The van der Waals surface area contributed by atoms with Gasteiger partial charge in [-0.05, 0) is 26.2 Å². The summed E-state index contributed by atoms with van der Waals surface area (Å²) in [6.07, 6.45) is 4.70. The van der Waals surface area contributed by atoms with Crippen molar-refractivity contribution >= 4 is 17.7 Å². The van der Waals surface area contributed by atoms with E-state index in [-0.39, 0.29) is 12.1 Å². The minimum atomic E-state index is -0.175. The van der Waals surface area contributed by atoms with Crippen LogP contribution in [0.15, 0.2) is 18.3 Å². The Balaban J connectivity index is 1.58. The largest absolute Gasteiger partial charge is 0.355 e. The summed E-state index contributed by atoms with van der Waals surface area (Å²) in [5, 5.41) is 14.6. The van der Waals surface area contributed by atoms with Crippen molar-refractivity contribution in [1.82, 2.24) is 24.9 Å². The monoisotopic (exact) mass is 345 g/mol. The minimum Gasteiger partial charge on any atom is -0.355 e. The van der Waals surface area contributed by atoms with E-state index in [1.54, 1.807) is 6.20 Å². The molecule has 0 aromatic carbocycles. The SMILES string of the molecule is CCCn1nccc1NC(=O)NC1CCCN(c2cc(C)nn2C)C1. The second kappa shape index (κ2) is 7.58. The fourth-order valence-corrected chi connectivity index (χ4v) is 3.36. The zero-order chi connectivity index (χ0) is 17.8. The fourth-order valence-electron chi connectivity index (χ4n) is 3.36. The first-order valence-electron chi connectivity index (χ1n) is 8.91. The average molecular weight is 345 g/mol. The lowest BCUT2D eigenvalue weighted by Crippen LogP contribution is -2.49. The Hall–Kier alpha value is -2.51. The van der Waals surface area contributed by atoms with Crippen LogP contribution in [0.1, 0.15) is 31.9 Å². The number of amides is 2. The predicted molar refractivity (Wildman–Crippen MR) is 97.9 cm³/mol. The Labute approximate surface area is 148 Å². The lowest BCUT2D eigenvalue weighted by atomic mass is 10.1. The van der Waals surface area contributed by atoms with Crippen molar-refractivity contribution < 1.29 is 4.79 Å². The third kappa shape index (κ3) is 4.12. The van der Waals surface area contributed by atoms with Crippen molar-refractivity contribution in [3.05, 3.63) is 24.0 Å². The van der Waals surface area contributed by atoms with Gasteiger partial charge in [0.15, 0.2) is 0 Å². The van der Waals surface area contributed by atoms with Crippen LogP contribution in [0, 0.1) is 6.92 Å². The molecule has 2 amide bonds. The molecule has 0 bridgehead atoms. The van der Waals surface area contributed by atoms with Gasteiger partial charge in [-0.25, -0.2) is 9.48 Å². The van der Waals surface area contributed by atoms with Gasteiger partial charge in [-0.2, -0.15) is 10.2 Å². The number of aromatic nitrogens is 4. The maximum Gasteiger partial charge on any atom is 0.320 e. The van der Waals surface area contributed by atoms with Crippen molar-refractivity contribution in [1.29, 1.82) is 0 Å². The zero-order valence-corrected chi connectivity index (χ0v) is 15.2. The number of nitrogens with one attached hydrogen (secondary N) is 2. The highest BCUT2D eigenvalue weighted by Crippen LogP contribution is 2.20. The average Bonchev–Trinajstić information content (AvgIpc) is 3.14. The van der Waals surface area contributed by atoms with Crippen LogP contribution in [0.25, 0.3) is 0 Å². The molecule has 8 nitrogen and oxygen atoms in total. The Bertz CT molecular complexity index is 720. The van der Waals surface area contributed by atoms with Crippen molar-refractivity contribution in [2.45, 2.75) is 45.7 Å². The van der Waals surface area contributed by atoms with E-state index in [1.807, 2.05) is 29.4 Å². The van der Waals surface area contributed by atoms with Gasteiger partial charge in [0.1, 0.15) is 11.6 Å². The highest BCUT2D eigenvalue weighted by Gasteiger charge is 2.23. The molecule has 1 aliphatic heterocycles. The molecule has 2 aromatic rings. The summed E-state index contributed by atoms with van der Waals surface area (Å²) in [5.41, 5.74) is 1.01. The summed E-state index contributed by atoms with van der Waals surface area (Å²) in [5.74, 6) is 1.83. The molecular weight excluding hydrogens is 318 g/mol. The van der Waals surface area contributed by atoms with Crippen LogP contribution >= 0.6 is 0 Å². The molecule has 2 N–H and O–H groups in total.